The molecule has 0 aliphatic carbocycles. The third-order valence-corrected chi connectivity index (χ3v) is 4.00. The number of esters is 1. The van der Waals surface area contributed by atoms with Gasteiger partial charge in [0.25, 0.3) is 0 Å². The number of thioether (sulfide) groups is 1. The normalized spacial score (nSPS) is 15.6. The maximum atomic E-state index is 11.4. The number of furan rings is 1. The summed E-state index contributed by atoms with van der Waals surface area (Å²) in [7, 11) is 1.36. The molecule has 0 bridgehead atoms. The largest absolute Gasteiger partial charge is 0.463 e. The molecule has 0 radical (unpaired) electrons. The Morgan fingerprint density at radius 2 is 2.41 bits per heavy atom. The molecule has 1 fully saturated rings. The standard InChI is InChI=1S/C12H17NO3S/c1-8-3-10(16-11(8)12(14)15-2)7-17-6-9-4-13-5-9/h3,9,13H,4-7H2,1-2H3. The van der Waals surface area contributed by atoms with Gasteiger partial charge in [0.15, 0.2) is 0 Å². The van der Waals surface area contributed by atoms with Gasteiger partial charge >= 0.3 is 5.97 Å². The lowest BCUT2D eigenvalue weighted by molar-refractivity contribution is 0.0562. The van der Waals surface area contributed by atoms with Gasteiger partial charge in [-0.1, -0.05) is 0 Å². The van der Waals surface area contributed by atoms with Gasteiger partial charge in [0.2, 0.25) is 5.76 Å². The fourth-order valence-corrected chi connectivity index (χ4v) is 2.74. The maximum Gasteiger partial charge on any atom is 0.374 e. The Morgan fingerprint density at radius 3 is 3.00 bits per heavy atom. The smallest absolute Gasteiger partial charge is 0.374 e. The average molecular weight is 255 g/mol. The highest BCUT2D eigenvalue weighted by molar-refractivity contribution is 7.98. The molecular weight excluding hydrogens is 238 g/mol. The summed E-state index contributed by atoms with van der Waals surface area (Å²) in [4.78, 5) is 11.4. The van der Waals surface area contributed by atoms with Crippen LogP contribution < -0.4 is 5.32 Å². The number of carbonyl (C=O) groups excluding carboxylic acids is 1. The lowest BCUT2D eigenvalue weighted by atomic mass is 10.1. The molecule has 0 aromatic carbocycles. The molecule has 2 rings (SSSR count). The van der Waals surface area contributed by atoms with Gasteiger partial charge in [0, 0.05) is 5.56 Å². The van der Waals surface area contributed by atoms with E-state index >= 15 is 0 Å². The highest BCUT2D eigenvalue weighted by Gasteiger charge is 2.18. The molecular formula is C12H17NO3S. The minimum absolute atomic E-state index is 0.327. The SMILES string of the molecule is COC(=O)c1oc(CSCC2CNC2)cc1C. The van der Waals surface area contributed by atoms with E-state index in [1.165, 1.54) is 7.11 Å². The molecule has 1 aromatic rings. The van der Waals surface area contributed by atoms with Crippen LogP contribution in [-0.2, 0) is 10.5 Å². The van der Waals surface area contributed by atoms with E-state index in [0.717, 1.165) is 41.8 Å². The average Bonchev–Trinajstić information content (AvgIpc) is 2.62. The van der Waals surface area contributed by atoms with E-state index in [-0.39, 0.29) is 0 Å². The molecule has 17 heavy (non-hydrogen) atoms. The van der Waals surface area contributed by atoms with Crippen molar-refractivity contribution in [2.75, 3.05) is 26.0 Å². The summed E-state index contributed by atoms with van der Waals surface area (Å²) in [5.74, 6) is 3.51. The molecule has 1 saturated heterocycles. The van der Waals surface area contributed by atoms with Gasteiger partial charge in [0.05, 0.1) is 12.9 Å². The van der Waals surface area contributed by atoms with E-state index in [1.807, 2.05) is 24.8 Å². The number of hydrogen-bond donors (Lipinski definition) is 1. The molecule has 1 N–H and O–H groups in total. The first kappa shape index (κ1) is 12.5. The van der Waals surface area contributed by atoms with Crippen LogP contribution in [0, 0.1) is 12.8 Å². The van der Waals surface area contributed by atoms with E-state index in [9.17, 15) is 4.79 Å². The molecule has 0 saturated carbocycles. The second-order valence-electron chi connectivity index (χ2n) is 4.26. The van der Waals surface area contributed by atoms with Crippen LogP contribution in [0.1, 0.15) is 21.9 Å². The first-order valence-electron chi connectivity index (χ1n) is 5.66. The highest BCUT2D eigenvalue weighted by atomic mass is 32.2. The predicted octanol–water partition coefficient (Wildman–Crippen LogP) is 1.83. The maximum absolute atomic E-state index is 11.4. The van der Waals surface area contributed by atoms with Crippen molar-refractivity contribution >= 4 is 17.7 Å². The van der Waals surface area contributed by atoms with Gasteiger partial charge in [-0.05, 0) is 37.8 Å². The summed E-state index contributed by atoms with van der Waals surface area (Å²) >= 11 is 1.85. The molecule has 4 nitrogen and oxygen atoms in total. The monoisotopic (exact) mass is 255 g/mol. The van der Waals surface area contributed by atoms with Crippen molar-refractivity contribution in [1.29, 1.82) is 0 Å². The van der Waals surface area contributed by atoms with Crippen molar-refractivity contribution in [2.24, 2.45) is 5.92 Å². The van der Waals surface area contributed by atoms with Crippen LogP contribution in [0.4, 0.5) is 0 Å². The third-order valence-electron chi connectivity index (χ3n) is 2.80. The molecule has 0 amide bonds. The first-order valence-corrected chi connectivity index (χ1v) is 6.82. The molecule has 5 heteroatoms. The highest BCUT2D eigenvalue weighted by Crippen LogP contribution is 2.22. The van der Waals surface area contributed by atoms with Gasteiger partial charge < -0.3 is 14.5 Å². The number of ether oxygens (including phenoxy) is 1. The fourth-order valence-electron chi connectivity index (χ4n) is 1.71. The Kier molecular flexibility index (Phi) is 4.12. The van der Waals surface area contributed by atoms with Crippen LogP contribution in [0.15, 0.2) is 10.5 Å². The van der Waals surface area contributed by atoms with Crippen molar-refractivity contribution in [3.05, 3.63) is 23.2 Å². The number of nitrogens with one attached hydrogen (secondary N) is 1. The third kappa shape index (κ3) is 3.04. The van der Waals surface area contributed by atoms with Crippen LogP contribution in [0.2, 0.25) is 0 Å². The van der Waals surface area contributed by atoms with E-state index in [2.05, 4.69) is 10.1 Å². The molecule has 94 valence electrons. The summed E-state index contributed by atoms with van der Waals surface area (Å²) in [6.07, 6.45) is 0. The van der Waals surface area contributed by atoms with Crippen molar-refractivity contribution in [1.82, 2.24) is 5.32 Å². The van der Waals surface area contributed by atoms with Gasteiger partial charge in [-0.3, -0.25) is 0 Å². The molecule has 1 aliphatic heterocycles. The van der Waals surface area contributed by atoms with Gasteiger partial charge in [0.1, 0.15) is 5.76 Å². The van der Waals surface area contributed by atoms with Crippen molar-refractivity contribution in [2.45, 2.75) is 12.7 Å². The molecule has 0 spiro atoms. The van der Waals surface area contributed by atoms with Crippen LogP contribution in [-0.4, -0.2) is 31.9 Å². The fraction of sp³-hybridized carbons (Fsp3) is 0.583. The Hall–Kier alpha value is -0.940. The zero-order valence-electron chi connectivity index (χ0n) is 10.1. The summed E-state index contributed by atoms with van der Waals surface area (Å²) in [6, 6.07) is 1.91. The van der Waals surface area contributed by atoms with Crippen LogP contribution >= 0.6 is 11.8 Å². The van der Waals surface area contributed by atoms with Crippen molar-refractivity contribution < 1.29 is 13.9 Å². The van der Waals surface area contributed by atoms with Crippen molar-refractivity contribution in [3.63, 3.8) is 0 Å². The number of rotatable bonds is 5. The van der Waals surface area contributed by atoms with E-state index in [0.29, 0.717) is 5.76 Å². The van der Waals surface area contributed by atoms with E-state index in [1.54, 1.807) is 0 Å². The zero-order valence-corrected chi connectivity index (χ0v) is 10.9. The predicted molar refractivity (Wildman–Crippen MR) is 67.3 cm³/mol. The Morgan fingerprint density at radius 1 is 1.65 bits per heavy atom. The number of aryl methyl sites for hydroxylation is 1. The van der Waals surface area contributed by atoms with Crippen LogP contribution in [0.25, 0.3) is 0 Å². The second kappa shape index (κ2) is 5.60. The molecule has 1 aromatic heterocycles. The summed E-state index contributed by atoms with van der Waals surface area (Å²) in [5, 5.41) is 3.25. The number of hydrogen-bond acceptors (Lipinski definition) is 5. The molecule has 0 unspecified atom stereocenters. The molecule has 2 heterocycles. The number of methoxy groups -OCH3 is 1. The van der Waals surface area contributed by atoms with Crippen molar-refractivity contribution in [3.8, 4) is 0 Å². The minimum atomic E-state index is -0.401. The lowest BCUT2D eigenvalue weighted by Crippen LogP contribution is -2.43. The summed E-state index contributed by atoms with van der Waals surface area (Å²) < 4.78 is 10.1. The van der Waals surface area contributed by atoms with Gasteiger partial charge in [-0.15, -0.1) is 0 Å². The summed E-state index contributed by atoms with van der Waals surface area (Å²) in [5.41, 5.74) is 0.845. The van der Waals surface area contributed by atoms with E-state index in [4.69, 9.17) is 4.42 Å². The zero-order chi connectivity index (χ0) is 12.3. The Bertz CT molecular complexity index is 398. The lowest BCUT2D eigenvalue weighted by Gasteiger charge is -2.26. The minimum Gasteiger partial charge on any atom is -0.463 e. The van der Waals surface area contributed by atoms with Gasteiger partial charge in [-0.2, -0.15) is 11.8 Å². The van der Waals surface area contributed by atoms with Crippen LogP contribution in [0.3, 0.4) is 0 Å². The quantitative estimate of drug-likeness (QED) is 0.813. The van der Waals surface area contributed by atoms with Gasteiger partial charge in [-0.25, -0.2) is 4.79 Å². The topological polar surface area (TPSA) is 51.5 Å². The Labute approximate surface area is 105 Å². The van der Waals surface area contributed by atoms with E-state index < -0.39 is 5.97 Å². The second-order valence-corrected chi connectivity index (χ2v) is 5.29. The number of carbonyl (C=O) groups is 1. The Balaban J connectivity index is 1.85. The van der Waals surface area contributed by atoms with Crippen LogP contribution in [0.5, 0.6) is 0 Å². The summed E-state index contributed by atoms with van der Waals surface area (Å²) in [6.45, 7) is 4.11. The molecule has 1 aliphatic rings. The first-order chi connectivity index (χ1) is 8.20. The molecule has 0 atom stereocenters.